The topological polar surface area (TPSA) is 0 Å². The van der Waals surface area contributed by atoms with Crippen molar-refractivity contribution >= 4 is 95.6 Å². The van der Waals surface area contributed by atoms with Gasteiger partial charge in [-0.05, 0) is 0 Å². The van der Waals surface area contributed by atoms with Gasteiger partial charge < -0.3 is 0 Å². The van der Waals surface area contributed by atoms with Gasteiger partial charge in [-0.15, -0.1) is 0 Å². The van der Waals surface area contributed by atoms with Gasteiger partial charge in [0.2, 0.25) is 0 Å². The fraction of sp³-hybridized carbons (Fsp3) is 0. The maximum absolute atomic E-state index is 0. The molecule has 0 aromatic carbocycles. The number of hydrogen-bond acceptors (Lipinski definition) is 0. The summed E-state index contributed by atoms with van der Waals surface area (Å²) in [5, 5.41) is 0. The molecule has 0 fully saturated rings. The van der Waals surface area contributed by atoms with E-state index in [0.717, 1.165) is 0 Å². The molecule has 0 aromatic heterocycles. The third-order valence-corrected chi connectivity index (χ3v) is 0. The maximum Gasteiger partial charge on any atom is 0 e. The van der Waals surface area contributed by atoms with Crippen LogP contribution in [-0.4, -0.2) is 95.6 Å². The number of rotatable bonds is 0. The Morgan fingerprint density at radius 2 is 0.400 bits per heavy atom. The van der Waals surface area contributed by atoms with Crippen LogP contribution < -0.4 is 0 Å². The molecule has 0 aliphatic rings. The summed E-state index contributed by atoms with van der Waals surface area (Å²) >= 11 is 0. The molecule has 0 aliphatic heterocycles. The van der Waals surface area contributed by atoms with Crippen LogP contribution in [0.2, 0.25) is 0 Å². The summed E-state index contributed by atoms with van der Waals surface area (Å²) in [5.41, 5.74) is 0. The molecule has 0 aliphatic carbocycles. The van der Waals surface area contributed by atoms with Crippen LogP contribution in [0, 0.1) is 0 Å². The Bertz CT molecular complexity index is 3.61. The molecule has 0 rings (SSSR count). The molecule has 27 valence electrons. The average Bonchev–Trinajstić information content (AvgIpc) is 0. The van der Waals surface area contributed by atoms with Crippen LogP contribution in [0.3, 0.4) is 0 Å². The second kappa shape index (κ2) is 24.6. The summed E-state index contributed by atoms with van der Waals surface area (Å²) in [6, 6.07) is 0. The van der Waals surface area contributed by atoms with Crippen molar-refractivity contribution in [2.45, 2.75) is 0 Å². The molecule has 0 unspecified atom stereocenters. The predicted octanol–water partition coefficient (Wildman–Crippen LogP) is -1.53. The van der Waals surface area contributed by atoms with E-state index in [1.54, 1.807) is 0 Å². The van der Waals surface area contributed by atoms with E-state index < -0.39 is 0 Å². The Kier molecular flexibility index (Phi) is 179. The first-order chi connectivity index (χ1) is 0. The van der Waals surface area contributed by atoms with Crippen molar-refractivity contribution in [1.82, 2.24) is 0 Å². The zero-order chi connectivity index (χ0) is 0. The average molecular weight is 672 g/mol. The van der Waals surface area contributed by atoms with Gasteiger partial charge in [0, 0.05) is 118 Å². The van der Waals surface area contributed by atoms with Gasteiger partial charge in [0.05, 0.1) is 0 Å². The van der Waals surface area contributed by atoms with Crippen molar-refractivity contribution in [2.24, 2.45) is 0 Å². The normalized spacial score (nSPS) is 0. The van der Waals surface area contributed by atoms with E-state index in [1.165, 1.54) is 0 Å². The smallest absolute Gasteiger partial charge is 0 e. The fourth-order valence-electron chi connectivity index (χ4n) is 0. The second-order valence-electron chi connectivity index (χ2n) is 0. The van der Waals surface area contributed by atoms with Gasteiger partial charge in [0.1, 0.15) is 0 Å². The van der Waals surface area contributed by atoms with Crippen molar-refractivity contribution < 1.29 is 22.4 Å². The molecule has 0 heterocycles. The summed E-state index contributed by atoms with van der Waals surface area (Å²) in [7, 11) is 0. The van der Waals surface area contributed by atoms with E-state index in [9.17, 15) is 0 Å². The Hall–Kier alpha value is 3.94. The second-order valence-corrected chi connectivity index (χ2v) is 0. The third kappa shape index (κ3) is 18.1. The molecule has 0 amide bonds. The van der Waals surface area contributed by atoms with Gasteiger partial charge >= 0.3 is 0 Å². The van der Waals surface area contributed by atoms with Crippen molar-refractivity contribution in [3.63, 3.8) is 0 Å². The van der Waals surface area contributed by atoms with Crippen LogP contribution in [0.1, 0.15) is 0 Å². The first-order valence-electron chi connectivity index (χ1n) is 0. The van der Waals surface area contributed by atoms with E-state index in [-0.39, 0.29) is 118 Å². The Morgan fingerprint density at radius 3 is 0.400 bits per heavy atom. The summed E-state index contributed by atoms with van der Waals surface area (Å²) < 4.78 is 0. The molecule has 0 nitrogen and oxygen atoms in total. The van der Waals surface area contributed by atoms with E-state index in [2.05, 4.69) is 0 Å². The summed E-state index contributed by atoms with van der Waals surface area (Å²) in [6.07, 6.45) is 0. The Morgan fingerprint density at radius 1 is 0.400 bits per heavy atom. The minimum absolute atomic E-state index is 0. The van der Waals surface area contributed by atoms with Crippen LogP contribution in [-0.2, 0) is 22.4 Å². The van der Waals surface area contributed by atoms with Crippen LogP contribution >= 0.6 is 0 Å². The minimum Gasteiger partial charge on any atom is 0 e. The Labute approximate surface area is 115 Å². The van der Waals surface area contributed by atoms with Crippen LogP contribution in [0.5, 0.6) is 0 Å². The van der Waals surface area contributed by atoms with Gasteiger partial charge in [-0.25, -0.2) is 0 Å². The van der Waals surface area contributed by atoms with Crippen LogP contribution in [0.4, 0.5) is 0 Å². The molecule has 0 spiro atoms. The first-order valence-corrected chi connectivity index (χ1v) is 0. The van der Waals surface area contributed by atoms with Gasteiger partial charge in [-0.1, -0.05) is 0 Å². The largest absolute Gasteiger partial charge is 0 e. The van der Waals surface area contributed by atoms with Gasteiger partial charge in [0.15, 0.2) is 0 Å². The van der Waals surface area contributed by atoms with Crippen molar-refractivity contribution in [3.8, 4) is 0 Å². The zero-order valence-corrected chi connectivity index (χ0v) is 15.9. The summed E-state index contributed by atoms with van der Waals surface area (Å²) in [4.78, 5) is 0. The molecule has 5 heavy (non-hydrogen) atoms. The summed E-state index contributed by atoms with van der Waals surface area (Å²) in [5.74, 6) is 0. The van der Waals surface area contributed by atoms with Crippen LogP contribution in [0.25, 0.3) is 0 Å². The zero-order valence-electron chi connectivity index (χ0n) is 2.30. The molecule has 0 atom stereocenters. The Balaban J connectivity index is 0. The minimum atomic E-state index is 0. The van der Waals surface area contributed by atoms with E-state index in [0.29, 0.717) is 0 Å². The standard InChI is InChI=1S/Au.4Sn. The molecule has 0 N–H and O–H groups in total. The van der Waals surface area contributed by atoms with Crippen molar-refractivity contribution in [2.75, 3.05) is 0 Å². The SMILES string of the molecule is [Au].[Sn].[Sn].[Sn].[Sn]. The van der Waals surface area contributed by atoms with E-state index in [4.69, 9.17) is 0 Å². The van der Waals surface area contributed by atoms with Gasteiger partial charge in [0.25, 0.3) is 0 Å². The van der Waals surface area contributed by atoms with Gasteiger partial charge in [-0.3, -0.25) is 0 Å². The molecular formula is AuSn4. The van der Waals surface area contributed by atoms with Crippen LogP contribution in [0.15, 0.2) is 0 Å². The third-order valence-electron chi connectivity index (χ3n) is 0. The molecule has 0 saturated heterocycles. The molecular weight excluding hydrogens is 672 g/mol. The molecule has 0 bridgehead atoms. The summed E-state index contributed by atoms with van der Waals surface area (Å²) in [6.45, 7) is 0. The maximum atomic E-state index is 0. The predicted molar refractivity (Wildman–Crippen MR) is 23.0 cm³/mol. The molecule has 17 radical (unpaired) electrons. The molecule has 0 aromatic rings. The van der Waals surface area contributed by atoms with Gasteiger partial charge in [-0.2, -0.15) is 0 Å². The number of hydrogen-bond donors (Lipinski definition) is 0. The monoisotopic (exact) mass is 677 g/mol. The quantitative estimate of drug-likeness (QED) is 0.275. The van der Waals surface area contributed by atoms with Crippen molar-refractivity contribution in [1.29, 1.82) is 0 Å². The fourth-order valence-corrected chi connectivity index (χ4v) is 0. The molecule has 5 heteroatoms. The van der Waals surface area contributed by atoms with E-state index >= 15 is 0 Å². The molecule has 0 saturated carbocycles. The first kappa shape index (κ1) is 36.3. The van der Waals surface area contributed by atoms with Crippen molar-refractivity contribution in [3.05, 3.63) is 0 Å². The van der Waals surface area contributed by atoms with E-state index in [1.807, 2.05) is 0 Å².